The van der Waals surface area contributed by atoms with Crippen LogP contribution in [-0.4, -0.2) is 42.3 Å². The zero-order chi connectivity index (χ0) is 12.3. The van der Waals surface area contributed by atoms with E-state index in [4.69, 9.17) is 9.47 Å². The van der Waals surface area contributed by atoms with Crippen LogP contribution >= 0.6 is 0 Å². The van der Waals surface area contributed by atoms with Gasteiger partial charge in [0.25, 0.3) is 5.91 Å². The molecule has 5 nitrogen and oxygen atoms in total. The average Bonchev–Trinajstić information content (AvgIpc) is 2.44. The summed E-state index contributed by atoms with van der Waals surface area (Å²) in [6, 6.07) is -0.368. The van der Waals surface area contributed by atoms with Crippen molar-refractivity contribution in [2.75, 3.05) is 13.7 Å². The van der Waals surface area contributed by atoms with Gasteiger partial charge in [-0.05, 0) is 20.8 Å². The van der Waals surface area contributed by atoms with Gasteiger partial charge in [0.15, 0.2) is 0 Å². The Balaban J connectivity index is 2.70. The van der Waals surface area contributed by atoms with Crippen LogP contribution in [0.4, 0.5) is 4.79 Å². The molecule has 0 N–H and O–H groups in total. The standard InChI is InChI=1S/C11H17NO4/c1-11(2,3)16-10(14)12-8(7-15-4)5-6-9(12)13/h5-6,8H,7H2,1-4H3/t8-/m1/s1. The number of methoxy groups -OCH3 is 1. The smallest absolute Gasteiger partial charge is 0.417 e. The van der Waals surface area contributed by atoms with Gasteiger partial charge < -0.3 is 9.47 Å². The van der Waals surface area contributed by atoms with E-state index in [1.54, 1.807) is 26.8 Å². The number of nitrogens with zero attached hydrogens (tertiary/aromatic N) is 1. The van der Waals surface area contributed by atoms with E-state index in [2.05, 4.69) is 0 Å². The molecule has 0 aromatic carbocycles. The minimum Gasteiger partial charge on any atom is -0.443 e. The Morgan fingerprint density at radius 1 is 1.50 bits per heavy atom. The predicted octanol–water partition coefficient (Wildman–Crippen LogP) is 1.33. The van der Waals surface area contributed by atoms with Gasteiger partial charge in [-0.15, -0.1) is 0 Å². The minimum absolute atomic E-state index is 0.279. The Morgan fingerprint density at radius 3 is 2.62 bits per heavy atom. The molecule has 0 saturated heterocycles. The van der Waals surface area contributed by atoms with Crippen molar-refractivity contribution < 1.29 is 19.1 Å². The van der Waals surface area contributed by atoms with Crippen molar-refractivity contribution in [1.82, 2.24) is 4.90 Å². The predicted molar refractivity (Wildman–Crippen MR) is 57.9 cm³/mol. The van der Waals surface area contributed by atoms with Crippen LogP contribution in [0.15, 0.2) is 12.2 Å². The van der Waals surface area contributed by atoms with Gasteiger partial charge in [-0.3, -0.25) is 4.79 Å². The lowest BCUT2D eigenvalue weighted by Crippen LogP contribution is -2.44. The third kappa shape index (κ3) is 3.06. The van der Waals surface area contributed by atoms with Crippen molar-refractivity contribution in [2.24, 2.45) is 0 Å². The van der Waals surface area contributed by atoms with E-state index in [1.807, 2.05) is 0 Å². The largest absolute Gasteiger partial charge is 0.443 e. The first-order valence-electron chi connectivity index (χ1n) is 5.08. The van der Waals surface area contributed by atoms with Crippen LogP contribution in [0.25, 0.3) is 0 Å². The van der Waals surface area contributed by atoms with Gasteiger partial charge in [-0.25, -0.2) is 9.69 Å². The van der Waals surface area contributed by atoms with Crippen LogP contribution in [0, 0.1) is 0 Å². The second-order valence-electron chi connectivity index (χ2n) is 4.57. The number of carbonyl (C=O) groups is 2. The molecule has 0 fully saturated rings. The van der Waals surface area contributed by atoms with Gasteiger partial charge in [0.2, 0.25) is 0 Å². The van der Waals surface area contributed by atoms with Crippen molar-refractivity contribution in [2.45, 2.75) is 32.4 Å². The molecule has 1 rings (SSSR count). The van der Waals surface area contributed by atoms with E-state index >= 15 is 0 Å². The molecule has 0 unspecified atom stereocenters. The molecule has 2 amide bonds. The molecule has 0 aromatic rings. The van der Waals surface area contributed by atoms with Crippen molar-refractivity contribution in [3.05, 3.63) is 12.2 Å². The summed E-state index contributed by atoms with van der Waals surface area (Å²) in [5.41, 5.74) is -0.614. The fraction of sp³-hybridized carbons (Fsp3) is 0.636. The molecular formula is C11H17NO4. The summed E-state index contributed by atoms with van der Waals surface area (Å²) < 4.78 is 10.1. The lowest BCUT2D eigenvalue weighted by atomic mass is 10.2. The van der Waals surface area contributed by atoms with Gasteiger partial charge in [0.05, 0.1) is 12.6 Å². The first-order valence-corrected chi connectivity index (χ1v) is 5.08. The highest BCUT2D eigenvalue weighted by molar-refractivity contribution is 6.01. The zero-order valence-electron chi connectivity index (χ0n) is 10.0. The lowest BCUT2D eigenvalue weighted by Gasteiger charge is -2.26. The maximum Gasteiger partial charge on any atom is 0.417 e. The molecule has 1 heterocycles. The molecule has 90 valence electrons. The van der Waals surface area contributed by atoms with Crippen LogP contribution in [0.1, 0.15) is 20.8 Å². The number of amides is 2. The second-order valence-corrected chi connectivity index (χ2v) is 4.57. The highest BCUT2D eigenvalue weighted by Crippen LogP contribution is 2.17. The van der Waals surface area contributed by atoms with E-state index in [9.17, 15) is 9.59 Å². The highest BCUT2D eigenvalue weighted by atomic mass is 16.6. The first kappa shape index (κ1) is 12.7. The monoisotopic (exact) mass is 227 g/mol. The van der Waals surface area contributed by atoms with Crippen LogP contribution < -0.4 is 0 Å². The lowest BCUT2D eigenvalue weighted by molar-refractivity contribution is -0.125. The molecule has 0 radical (unpaired) electrons. The summed E-state index contributed by atoms with van der Waals surface area (Å²) >= 11 is 0. The molecule has 0 aliphatic carbocycles. The average molecular weight is 227 g/mol. The van der Waals surface area contributed by atoms with Gasteiger partial charge in [0.1, 0.15) is 5.60 Å². The Hall–Kier alpha value is -1.36. The maximum atomic E-state index is 11.7. The second kappa shape index (κ2) is 4.65. The van der Waals surface area contributed by atoms with E-state index in [1.165, 1.54) is 13.2 Å². The Labute approximate surface area is 95.0 Å². The van der Waals surface area contributed by atoms with Crippen molar-refractivity contribution in [1.29, 1.82) is 0 Å². The molecule has 0 aromatic heterocycles. The summed E-state index contributed by atoms with van der Waals surface area (Å²) in [6.45, 7) is 5.54. The summed E-state index contributed by atoms with van der Waals surface area (Å²) in [4.78, 5) is 24.3. The number of hydrogen-bond acceptors (Lipinski definition) is 4. The quantitative estimate of drug-likeness (QED) is 0.714. The molecule has 1 aliphatic rings. The van der Waals surface area contributed by atoms with E-state index in [0.29, 0.717) is 0 Å². The number of hydrogen-bond donors (Lipinski definition) is 0. The number of carbonyl (C=O) groups excluding carboxylic acids is 2. The van der Waals surface area contributed by atoms with Crippen molar-refractivity contribution in [3.63, 3.8) is 0 Å². The Morgan fingerprint density at radius 2 is 2.12 bits per heavy atom. The van der Waals surface area contributed by atoms with Crippen molar-refractivity contribution in [3.8, 4) is 0 Å². The van der Waals surface area contributed by atoms with Gasteiger partial charge >= 0.3 is 6.09 Å². The topological polar surface area (TPSA) is 55.8 Å². The maximum absolute atomic E-state index is 11.7. The number of rotatable bonds is 2. The van der Waals surface area contributed by atoms with Crippen LogP contribution in [0.5, 0.6) is 0 Å². The molecule has 1 atom stereocenters. The molecule has 0 spiro atoms. The van der Waals surface area contributed by atoms with Gasteiger partial charge in [-0.2, -0.15) is 0 Å². The minimum atomic E-state index is -0.635. The van der Waals surface area contributed by atoms with Gasteiger partial charge in [-0.1, -0.05) is 6.08 Å². The molecule has 16 heavy (non-hydrogen) atoms. The number of ether oxygens (including phenoxy) is 2. The Bertz CT molecular complexity index is 316. The van der Waals surface area contributed by atoms with Crippen LogP contribution in [0.2, 0.25) is 0 Å². The van der Waals surface area contributed by atoms with Crippen molar-refractivity contribution >= 4 is 12.0 Å². The third-order valence-corrected chi connectivity index (χ3v) is 1.96. The summed E-state index contributed by atoms with van der Waals surface area (Å²) in [6.07, 6.45) is 2.35. The molecule has 0 bridgehead atoms. The fourth-order valence-corrected chi connectivity index (χ4v) is 1.36. The third-order valence-electron chi connectivity index (χ3n) is 1.96. The highest BCUT2D eigenvalue weighted by Gasteiger charge is 2.34. The molecule has 0 saturated carbocycles. The van der Waals surface area contributed by atoms with E-state index in [0.717, 1.165) is 4.90 Å². The molecular weight excluding hydrogens is 210 g/mol. The molecule has 1 aliphatic heterocycles. The van der Waals surface area contributed by atoms with E-state index in [-0.39, 0.29) is 18.6 Å². The summed E-state index contributed by atoms with van der Waals surface area (Å²) in [5.74, 6) is -0.365. The number of imide groups is 1. The Kier molecular flexibility index (Phi) is 3.70. The summed E-state index contributed by atoms with van der Waals surface area (Å²) in [7, 11) is 1.52. The molecule has 5 heteroatoms. The normalized spacial score (nSPS) is 20.4. The summed E-state index contributed by atoms with van der Waals surface area (Å²) in [5, 5.41) is 0. The first-order chi connectivity index (χ1) is 7.35. The van der Waals surface area contributed by atoms with E-state index < -0.39 is 11.7 Å². The SMILES string of the molecule is COC[C@H]1C=CC(=O)N1C(=O)OC(C)(C)C. The fourth-order valence-electron chi connectivity index (χ4n) is 1.36. The van der Waals surface area contributed by atoms with Crippen LogP contribution in [0.3, 0.4) is 0 Å². The van der Waals surface area contributed by atoms with Gasteiger partial charge in [0, 0.05) is 13.2 Å². The van der Waals surface area contributed by atoms with Crippen LogP contribution in [-0.2, 0) is 14.3 Å². The zero-order valence-corrected chi connectivity index (χ0v) is 10.0.